The standard InChI is InChI=1S/C20H26N2O6/c1-2-26-20(25)22-10-8-21(9-11-22)19(24)5-3-4-16(23)15-6-7-17-18(14-15)28-13-12-27-17/h6-7,14H,2-5,8-13H2,1H3. The first-order chi connectivity index (χ1) is 13.6. The summed E-state index contributed by atoms with van der Waals surface area (Å²) in [7, 11) is 0. The number of hydrogen-bond donors (Lipinski definition) is 0. The van der Waals surface area contributed by atoms with E-state index in [-0.39, 0.29) is 17.8 Å². The van der Waals surface area contributed by atoms with E-state index in [0.29, 0.717) is 82.3 Å². The number of benzene rings is 1. The Labute approximate surface area is 164 Å². The normalized spacial score (nSPS) is 15.9. The molecule has 0 aromatic heterocycles. The molecule has 8 nitrogen and oxygen atoms in total. The molecule has 8 heteroatoms. The number of carbonyl (C=O) groups excluding carboxylic acids is 3. The minimum atomic E-state index is -0.334. The maximum atomic E-state index is 12.4. The van der Waals surface area contributed by atoms with Gasteiger partial charge in [0.05, 0.1) is 6.61 Å². The molecule has 2 heterocycles. The van der Waals surface area contributed by atoms with E-state index in [1.807, 2.05) is 0 Å². The van der Waals surface area contributed by atoms with Crippen LogP contribution in [0.25, 0.3) is 0 Å². The fourth-order valence-corrected chi connectivity index (χ4v) is 3.27. The van der Waals surface area contributed by atoms with Gasteiger partial charge in [-0.2, -0.15) is 0 Å². The van der Waals surface area contributed by atoms with Crippen molar-refractivity contribution >= 4 is 17.8 Å². The Balaban J connectivity index is 1.41. The van der Waals surface area contributed by atoms with Crippen LogP contribution in [-0.4, -0.2) is 73.6 Å². The molecule has 0 spiro atoms. The number of piperazine rings is 1. The largest absolute Gasteiger partial charge is 0.486 e. The number of carbonyl (C=O) groups is 3. The molecular formula is C20H26N2O6. The second-order valence-corrected chi connectivity index (χ2v) is 6.70. The lowest BCUT2D eigenvalue weighted by atomic mass is 10.0. The number of ether oxygens (including phenoxy) is 3. The van der Waals surface area contributed by atoms with Gasteiger partial charge in [0.15, 0.2) is 17.3 Å². The lowest BCUT2D eigenvalue weighted by molar-refractivity contribution is -0.132. The zero-order valence-electron chi connectivity index (χ0n) is 16.1. The van der Waals surface area contributed by atoms with E-state index in [2.05, 4.69) is 0 Å². The average molecular weight is 390 g/mol. The molecule has 0 bridgehead atoms. The number of nitrogens with zero attached hydrogens (tertiary/aromatic N) is 2. The third-order valence-corrected chi connectivity index (χ3v) is 4.82. The highest BCUT2D eigenvalue weighted by Gasteiger charge is 2.24. The van der Waals surface area contributed by atoms with Crippen molar-refractivity contribution in [3.05, 3.63) is 23.8 Å². The number of amides is 2. The summed E-state index contributed by atoms with van der Waals surface area (Å²) in [5.41, 5.74) is 0.569. The van der Waals surface area contributed by atoms with Gasteiger partial charge in [0.25, 0.3) is 0 Å². The van der Waals surface area contributed by atoms with Crippen LogP contribution in [0.4, 0.5) is 4.79 Å². The zero-order chi connectivity index (χ0) is 19.9. The second kappa shape index (κ2) is 9.43. The highest BCUT2D eigenvalue weighted by molar-refractivity contribution is 5.97. The van der Waals surface area contributed by atoms with Gasteiger partial charge in [0, 0.05) is 44.6 Å². The first-order valence-electron chi connectivity index (χ1n) is 9.71. The lowest BCUT2D eigenvalue weighted by Crippen LogP contribution is -2.50. The third-order valence-electron chi connectivity index (χ3n) is 4.82. The number of rotatable bonds is 6. The Kier molecular flexibility index (Phi) is 6.73. The Bertz CT molecular complexity index is 727. The van der Waals surface area contributed by atoms with Crippen LogP contribution in [0.3, 0.4) is 0 Å². The quantitative estimate of drug-likeness (QED) is 0.692. The fraction of sp³-hybridized carbons (Fsp3) is 0.550. The molecule has 1 saturated heterocycles. The van der Waals surface area contributed by atoms with Crippen LogP contribution in [0.5, 0.6) is 11.5 Å². The van der Waals surface area contributed by atoms with Crippen molar-refractivity contribution in [3.63, 3.8) is 0 Å². The van der Waals surface area contributed by atoms with Crippen molar-refractivity contribution in [3.8, 4) is 11.5 Å². The minimum absolute atomic E-state index is 0.0125. The molecule has 0 aliphatic carbocycles. The molecule has 1 fully saturated rings. The summed E-state index contributed by atoms with van der Waals surface area (Å²) in [6, 6.07) is 5.18. The second-order valence-electron chi connectivity index (χ2n) is 6.70. The number of fused-ring (bicyclic) bond motifs is 1. The molecule has 28 heavy (non-hydrogen) atoms. The van der Waals surface area contributed by atoms with Crippen molar-refractivity contribution in [2.45, 2.75) is 26.2 Å². The zero-order valence-corrected chi connectivity index (χ0v) is 16.1. The summed E-state index contributed by atoms with van der Waals surface area (Å²) < 4.78 is 15.9. The van der Waals surface area contributed by atoms with E-state index < -0.39 is 0 Å². The van der Waals surface area contributed by atoms with Crippen LogP contribution < -0.4 is 9.47 Å². The summed E-state index contributed by atoms with van der Waals surface area (Å²) in [5, 5.41) is 0. The molecule has 2 aliphatic heterocycles. The monoisotopic (exact) mass is 390 g/mol. The molecule has 1 aromatic carbocycles. The van der Waals surface area contributed by atoms with Gasteiger partial charge in [-0.1, -0.05) is 0 Å². The highest BCUT2D eigenvalue weighted by Crippen LogP contribution is 2.31. The van der Waals surface area contributed by atoms with Crippen molar-refractivity contribution in [2.24, 2.45) is 0 Å². The van der Waals surface area contributed by atoms with Crippen LogP contribution in [0, 0.1) is 0 Å². The van der Waals surface area contributed by atoms with Gasteiger partial charge in [-0.25, -0.2) is 4.79 Å². The van der Waals surface area contributed by atoms with Gasteiger partial charge in [-0.3, -0.25) is 9.59 Å². The van der Waals surface area contributed by atoms with Crippen LogP contribution >= 0.6 is 0 Å². The maximum absolute atomic E-state index is 12.4. The van der Waals surface area contributed by atoms with Crippen LogP contribution in [0.2, 0.25) is 0 Å². The first kappa shape index (κ1) is 20.0. The molecule has 0 saturated carbocycles. The van der Waals surface area contributed by atoms with Crippen molar-refractivity contribution in [1.82, 2.24) is 9.80 Å². The first-order valence-corrected chi connectivity index (χ1v) is 9.71. The van der Waals surface area contributed by atoms with E-state index in [9.17, 15) is 14.4 Å². The van der Waals surface area contributed by atoms with Gasteiger partial charge in [0.2, 0.25) is 5.91 Å². The predicted octanol–water partition coefficient (Wildman–Crippen LogP) is 2.11. The van der Waals surface area contributed by atoms with Crippen LogP contribution in [0.1, 0.15) is 36.5 Å². The molecule has 1 aromatic rings. The Hall–Kier alpha value is -2.77. The SMILES string of the molecule is CCOC(=O)N1CCN(C(=O)CCCC(=O)c2ccc3c(c2)OCCO3)CC1. The summed E-state index contributed by atoms with van der Waals surface area (Å²) in [5.74, 6) is 1.24. The van der Waals surface area contributed by atoms with Crippen molar-refractivity contribution in [1.29, 1.82) is 0 Å². The average Bonchev–Trinajstić information content (AvgIpc) is 2.73. The van der Waals surface area contributed by atoms with E-state index in [1.165, 1.54) is 0 Å². The van der Waals surface area contributed by atoms with Crippen LogP contribution in [-0.2, 0) is 9.53 Å². The third kappa shape index (κ3) is 4.94. The van der Waals surface area contributed by atoms with E-state index in [1.54, 1.807) is 34.9 Å². The van der Waals surface area contributed by atoms with Crippen molar-refractivity contribution < 1.29 is 28.6 Å². The highest BCUT2D eigenvalue weighted by atomic mass is 16.6. The molecule has 152 valence electrons. The summed E-state index contributed by atoms with van der Waals surface area (Å²) in [6.45, 7) is 5.03. The molecule has 0 unspecified atom stereocenters. The lowest BCUT2D eigenvalue weighted by Gasteiger charge is -2.34. The predicted molar refractivity (Wildman–Crippen MR) is 101 cm³/mol. The van der Waals surface area contributed by atoms with E-state index in [0.717, 1.165) is 0 Å². The Morgan fingerprint density at radius 3 is 2.36 bits per heavy atom. The van der Waals surface area contributed by atoms with E-state index >= 15 is 0 Å². The van der Waals surface area contributed by atoms with E-state index in [4.69, 9.17) is 14.2 Å². The molecule has 0 atom stereocenters. The topological polar surface area (TPSA) is 85.4 Å². The van der Waals surface area contributed by atoms with Gasteiger partial charge in [0.1, 0.15) is 13.2 Å². The molecule has 3 rings (SSSR count). The van der Waals surface area contributed by atoms with Crippen LogP contribution in [0.15, 0.2) is 18.2 Å². The molecule has 0 N–H and O–H groups in total. The fourth-order valence-electron chi connectivity index (χ4n) is 3.27. The summed E-state index contributed by atoms with van der Waals surface area (Å²) in [6.07, 6.45) is 0.772. The Morgan fingerprint density at radius 1 is 0.964 bits per heavy atom. The molecule has 2 amide bonds. The van der Waals surface area contributed by atoms with Gasteiger partial charge in [-0.15, -0.1) is 0 Å². The number of hydrogen-bond acceptors (Lipinski definition) is 6. The number of ketones is 1. The minimum Gasteiger partial charge on any atom is -0.486 e. The molecule has 0 radical (unpaired) electrons. The Morgan fingerprint density at radius 2 is 1.64 bits per heavy atom. The van der Waals surface area contributed by atoms with Gasteiger partial charge < -0.3 is 24.0 Å². The molecule has 2 aliphatic rings. The molecular weight excluding hydrogens is 364 g/mol. The summed E-state index contributed by atoms with van der Waals surface area (Å²) in [4.78, 5) is 39.8. The van der Waals surface area contributed by atoms with Gasteiger partial charge >= 0.3 is 6.09 Å². The smallest absolute Gasteiger partial charge is 0.409 e. The maximum Gasteiger partial charge on any atom is 0.409 e. The van der Waals surface area contributed by atoms with Crippen molar-refractivity contribution in [2.75, 3.05) is 46.0 Å². The van der Waals surface area contributed by atoms with Gasteiger partial charge in [-0.05, 0) is 31.5 Å². The summed E-state index contributed by atoms with van der Waals surface area (Å²) >= 11 is 0. The number of Topliss-reactive ketones (excluding diaryl/α,β-unsaturated/α-hetero) is 1.